The van der Waals surface area contributed by atoms with E-state index in [1.165, 1.54) is 0 Å². The Morgan fingerprint density at radius 1 is 1.43 bits per heavy atom. The third-order valence-corrected chi connectivity index (χ3v) is 4.40. The highest BCUT2D eigenvalue weighted by Gasteiger charge is 2.27. The van der Waals surface area contributed by atoms with Gasteiger partial charge in [0.25, 0.3) is 0 Å². The molecule has 1 amide bonds. The third-order valence-electron chi connectivity index (χ3n) is 4.40. The molecule has 1 atom stereocenters. The molecule has 0 bridgehead atoms. The van der Waals surface area contributed by atoms with E-state index in [9.17, 15) is 4.79 Å². The molecule has 0 aliphatic carbocycles. The van der Waals surface area contributed by atoms with Crippen LogP contribution in [0.15, 0.2) is 30.9 Å². The second kappa shape index (κ2) is 6.95. The van der Waals surface area contributed by atoms with Crippen LogP contribution < -0.4 is 0 Å². The maximum Gasteiger partial charge on any atom is 0.236 e. The number of aromatic nitrogens is 4. The van der Waals surface area contributed by atoms with Crippen molar-refractivity contribution in [1.82, 2.24) is 29.4 Å². The molecule has 3 rings (SSSR count). The predicted molar refractivity (Wildman–Crippen MR) is 86.5 cm³/mol. The van der Waals surface area contributed by atoms with Gasteiger partial charge in [-0.25, -0.2) is 0 Å². The molecule has 1 aliphatic heterocycles. The number of amides is 1. The van der Waals surface area contributed by atoms with Gasteiger partial charge in [0.1, 0.15) is 0 Å². The second-order valence-electron chi connectivity index (χ2n) is 6.27. The third kappa shape index (κ3) is 3.98. The van der Waals surface area contributed by atoms with Crippen molar-refractivity contribution in [1.29, 1.82) is 0 Å². The van der Waals surface area contributed by atoms with Crippen molar-refractivity contribution in [3.63, 3.8) is 0 Å². The lowest BCUT2D eigenvalue weighted by Crippen LogP contribution is -2.41. The number of hydrogen-bond acceptors (Lipinski definition) is 4. The maximum absolute atomic E-state index is 12.5. The first-order valence-electron chi connectivity index (χ1n) is 8.05. The van der Waals surface area contributed by atoms with Gasteiger partial charge in [-0.15, -0.1) is 0 Å². The van der Waals surface area contributed by atoms with E-state index in [2.05, 4.69) is 15.1 Å². The van der Waals surface area contributed by atoms with E-state index in [-0.39, 0.29) is 5.91 Å². The predicted octanol–water partition coefficient (Wildman–Crippen LogP) is 0.740. The summed E-state index contributed by atoms with van der Waals surface area (Å²) in [5.41, 5.74) is 1.05. The number of aryl methyl sites for hydroxylation is 1. The van der Waals surface area contributed by atoms with Crippen LogP contribution in [0.25, 0.3) is 0 Å². The molecule has 3 heterocycles. The molecule has 2 aromatic heterocycles. The van der Waals surface area contributed by atoms with Crippen LogP contribution in [-0.2, 0) is 24.9 Å². The second-order valence-corrected chi connectivity index (χ2v) is 6.27. The van der Waals surface area contributed by atoms with Gasteiger partial charge in [-0.2, -0.15) is 10.2 Å². The van der Waals surface area contributed by atoms with Crippen LogP contribution in [0.2, 0.25) is 0 Å². The Labute approximate surface area is 136 Å². The molecule has 1 fully saturated rings. The normalized spacial score (nSPS) is 18.4. The molecular formula is C16H24N6O. The van der Waals surface area contributed by atoms with E-state index in [1.54, 1.807) is 22.0 Å². The quantitative estimate of drug-likeness (QED) is 0.789. The van der Waals surface area contributed by atoms with Gasteiger partial charge in [-0.05, 0) is 25.5 Å². The number of rotatable bonds is 6. The van der Waals surface area contributed by atoms with E-state index in [0.717, 1.165) is 31.5 Å². The molecule has 124 valence electrons. The average molecular weight is 316 g/mol. The number of nitrogens with zero attached hydrogens (tertiary/aromatic N) is 6. The van der Waals surface area contributed by atoms with Gasteiger partial charge in [-0.3, -0.25) is 19.1 Å². The Hall–Kier alpha value is -2.15. The Bertz CT molecular complexity index is 635. The van der Waals surface area contributed by atoms with Crippen LogP contribution in [-0.4, -0.2) is 61.4 Å². The van der Waals surface area contributed by atoms with E-state index in [0.29, 0.717) is 19.1 Å². The molecule has 23 heavy (non-hydrogen) atoms. The Balaban J connectivity index is 1.53. The van der Waals surface area contributed by atoms with Crippen molar-refractivity contribution in [3.05, 3.63) is 36.4 Å². The zero-order valence-electron chi connectivity index (χ0n) is 13.8. The molecule has 2 aromatic rings. The van der Waals surface area contributed by atoms with E-state index < -0.39 is 0 Å². The van der Waals surface area contributed by atoms with Gasteiger partial charge in [0.15, 0.2) is 0 Å². The van der Waals surface area contributed by atoms with Gasteiger partial charge < -0.3 is 4.90 Å². The van der Waals surface area contributed by atoms with Crippen molar-refractivity contribution >= 4 is 5.91 Å². The van der Waals surface area contributed by atoms with E-state index >= 15 is 0 Å². The first-order valence-corrected chi connectivity index (χ1v) is 8.05. The summed E-state index contributed by atoms with van der Waals surface area (Å²) in [4.78, 5) is 16.6. The molecular weight excluding hydrogens is 292 g/mol. The Kier molecular flexibility index (Phi) is 4.76. The summed E-state index contributed by atoms with van der Waals surface area (Å²) in [6.07, 6.45) is 9.80. The van der Waals surface area contributed by atoms with E-state index in [1.807, 2.05) is 37.2 Å². The molecule has 0 saturated carbocycles. The molecule has 0 spiro atoms. The van der Waals surface area contributed by atoms with Crippen LogP contribution in [0.4, 0.5) is 0 Å². The summed E-state index contributed by atoms with van der Waals surface area (Å²) in [5, 5.41) is 8.42. The molecule has 0 radical (unpaired) electrons. The zero-order valence-corrected chi connectivity index (χ0v) is 13.8. The van der Waals surface area contributed by atoms with Crippen LogP contribution in [0.5, 0.6) is 0 Å². The zero-order chi connectivity index (χ0) is 16.2. The maximum atomic E-state index is 12.5. The lowest BCUT2D eigenvalue weighted by Gasteiger charge is -2.26. The summed E-state index contributed by atoms with van der Waals surface area (Å²) in [6.45, 7) is 2.91. The minimum Gasteiger partial charge on any atom is -0.340 e. The fourth-order valence-corrected chi connectivity index (χ4v) is 3.14. The smallest absolute Gasteiger partial charge is 0.236 e. The molecule has 1 aliphatic rings. The standard InChI is InChI=1S/C16H24N6O/c1-19(10-14-9-18-20(2)11-14)16(23)13-21-7-3-5-15(21)12-22-8-4-6-17-22/h4,6,8-9,11,15H,3,5,7,10,12-13H2,1-2H3. The lowest BCUT2D eigenvalue weighted by atomic mass is 10.2. The number of carbonyl (C=O) groups excluding carboxylic acids is 1. The van der Waals surface area contributed by atoms with Crippen LogP contribution >= 0.6 is 0 Å². The van der Waals surface area contributed by atoms with Gasteiger partial charge in [0.05, 0.1) is 19.3 Å². The molecule has 7 heteroatoms. The van der Waals surface area contributed by atoms with Crippen molar-refractivity contribution in [2.45, 2.75) is 32.0 Å². The summed E-state index contributed by atoms with van der Waals surface area (Å²) in [6, 6.07) is 2.33. The Morgan fingerprint density at radius 2 is 2.30 bits per heavy atom. The van der Waals surface area contributed by atoms with Gasteiger partial charge in [-0.1, -0.05) is 0 Å². The van der Waals surface area contributed by atoms with Crippen molar-refractivity contribution in [2.24, 2.45) is 7.05 Å². The first-order chi connectivity index (χ1) is 11.1. The molecule has 0 aromatic carbocycles. The lowest BCUT2D eigenvalue weighted by molar-refractivity contribution is -0.131. The van der Waals surface area contributed by atoms with Gasteiger partial charge >= 0.3 is 0 Å². The van der Waals surface area contributed by atoms with Gasteiger partial charge in [0, 0.05) is 50.8 Å². The first kappa shape index (κ1) is 15.7. The highest BCUT2D eigenvalue weighted by molar-refractivity contribution is 5.78. The van der Waals surface area contributed by atoms with Crippen molar-refractivity contribution in [3.8, 4) is 0 Å². The highest BCUT2D eigenvalue weighted by atomic mass is 16.2. The minimum atomic E-state index is 0.154. The number of likely N-dealkylation sites (N-methyl/N-ethyl adjacent to an activating group) is 1. The molecule has 0 N–H and O–H groups in total. The number of hydrogen-bond donors (Lipinski definition) is 0. The van der Waals surface area contributed by atoms with Crippen molar-refractivity contribution < 1.29 is 4.79 Å². The van der Waals surface area contributed by atoms with Crippen molar-refractivity contribution in [2.75, 3.05) is 20.1 Å². The van der Waals surface area contributed by atoms with Crippen LogP contribution in [0.3, 0.4) is 0 Å². The monoisotopic (exact) mass is 316 g/mol. The number of likely N-dealkylation sites (tertiary alicyclic amines) is 1. The summed E-state index contributed by atoms with van der Waals surface area (Å²) < 4.78 is 3.71. The summed E-state index contributed by atoms with van der Waals surface area (Å²) >= 11 is 0. The van der Waals surface area contributed by atoms with Gasteiger partial charge in [0.2, 0.25) is 5.91 Å². The van der Waals surface area contributed by atoms with Crippen LogP contribution in [0.1, 0.15) is 18.4 Å². The minimum absolute atomic E-state index is 0.154. The SMILES string of the molecule is CN(Cc1cnn(C)c1)C(=O)CN1CCCC1Cn1cccn1. The molecule has 7 nitrogen and oxygen atoms in total. The summed E-state index contributed by atoms with van der Waals surface area (Å²) in [7, 11) is 3.74. The fraction of sp³-hybridized carbons (Fsp3) is 0.562. The summed E-state index contributed by atoms with van der Waals surface area (Å²) in [5.74, 6) is 0.154. The highest BCUT2D eigenvalue weighted by Crippen LogP contribution is 2.18. The fourth-order valence-electron chi connectivity index (χ4n) is 3.14. The Morgan fingerprint density at radius 3 is 3.00 bits per heavy atom. The topological polar surface area (TPSA) is 59.2 Å². The molecule has 1 unspecified atom stereocenters. The molecule has 1 saturated heterocycles. The average Bonchev–Trinajstić information content (AvgIpc) is 3.24. The largest absolute Gasteiger partial charge is 0.340 e. The number of carbonyl (C=O) groups is 1. The van der Waals surface area contributed by atoms with Crippen LogP contribution in [0, 0.1) is 0 Å². The van der Waals surface area contributed by atoms with E-state index in [4.69, 9.17) is 0 Å².